The summed E-state index contributed by atoms with van der Waals surface area (Å²) in [6, 6.07) is 35.9. The molecule has 4 rings (SSSR count). The van der Waals surface area contributed by atoms with Crippen LogP contribution in [0.1, 0.15) is 44.5 Å². The van der Waals surface area contributed by atoms with Crippen LogP contribution in [-0.2, 0) is 5.41 Å². The summed E-state index contributed by atoms with van der Waals surface area (Å²) in [5, 5.41) is 0. The first-order valence-electron chi connectivity index (χ1n) is 10.3. The molecule has 0 aliphatic heterocycles. The van der Waals surface area contributed by atoms with Gasteiger partial charge >= 0.3 is 0 Å². The van der Waals surface area contributed by atoms with Crippen LogP contribution in [-0.4, -0.2) is 0 Å². The summed E-state index contributed by atoms with van der Waals surface area (Å²) in [5.41, 5.74) is 9.97. The molecular weight excluding hydrogens is 348 g/mol. The third kappa shape index (κ3) is 3.51. The van der Waals surface area contributed by atoms with E-state index in [1.54, 1.807) is 0 Å². The number of rotatable bonds is 4. The number of hydrogen-bond donors (Lipinski definition) is 0. The van der Waals surface area contributed by atoms with Crippen LogP contribution in [0.3, 0.4) is 0 Å². The SMILES string of the molecule is Cc1cccc(C(c2cccc(C)c2)(c2cccc(C)c2)c2cccc(C)c2)c1. The zero-order valence-corrected chi connectivity index (χ0v) is 17.7. The number of aryl methyl sites for hydroxylation is 4. The molecule has 0 aromatic heterocycles. The fourth-order valence-electron chi connectivity index (χ4n) is 4.51. The highest BCUT2D eigenvalue weighted by molar-refractivity contribution is 5.61. The van der Waals surface area contributed by atoms with E-state index in [-0.39, 0.29) is 5.41 Å². The van der Waals surface area contributed by atoms with Crippen LogP contribution in [0.4, 0.5) is 0 Å². The molecule has 144 valence electrons. The third-order valence-electron chi connectivity index (χ3n) is 5.80. The smallest absolute Gasteiger partial charge is 0.0617 e. The van der Waals surface area contributed by atoms with Gasteiger partial charge in [-0.05, 0) is 49.9 Å². The topological polar surface area (TPSA) is 0 Å². The van der Waals surface area contributed by atoms with E-state index in [0.717, 1.165) is 0 Å². The van der Waals surface area contributed by atoms with E-state index >= 15 is 0 Å². The number of benzene rings is 4. The van der Waals surface area contributed by atoms with Crippen molar-refractivity contribution < 1.29 is 0 Å². The summed E-state index contributed by atoms with van der Waals surface area (Å²) < 4.78 is 0. The molecule has 0 spiro atoms. The van der Waals surface area contributed by atoms with E-state index < -0.39 is 0 Å². The van der Waals surface area contributed by atoms with E-state index in [4.69, 9.17) is 0 Å². The molecule has 0 amide bonds. The van der Waals surface area contributed by atoms with Gasteiger partial charge in [-0.2, -0.15) is 0 Å². The molecule has 0 bridgehead atoms. The Morgan fingerprint density at radius 2 is 0.621 bits per heavy atom. The van der Waals surface area contributed by atoms with E-state index in [1.807, 2.05) is 0 Å². The normalized spacial score (nSPS) is 11.4. The summed E-state index contributed by atoms with van der Waals surface area (Å²) in [6.45, 7) is 8.71. The Morgan fingerprint density at radius 1 is 0.379 bits per heavy atom. The van der Waals surface area contributed by atoms with Crippen LogP contribution < -0.4 is 0 Å². The van der Waals surface area contributed by atoms with Crippen molar-refractivity contribution in [3.05, 3.63) is 142 Å². The van der Waals surface area contributed by atoms with Gasteiger partial charge in [-0.1, -0.05) is 119 Å². The molecule has 0 saturated heterocycles. The highest BCUT2D eigenvalue weighted by Crippen LogP contribution is 2.45. The Hall–Kier alpha value is -3.12. The average Bonchev–Trinajstić information content (AvgIpc) is 2.69. The second-order valence-electron chi connectivity index (χ2n) is 8.23. The first-order valence-corrected chi connectivity index (χ1v) is 10.3. The van der Waals surface area contributed by atoms with Crippen LogP contribution in [0.5, 0.6) is 0 Å². The first-order chi connectivity index (χ1) is 14.0. The van der Waals surface area contributed by atoms with Crippen molar-refractivity contribution in [1.29, 1.82) is 0 Å². The standard InChI is InChI=1S/C29H28/c1-21-9-5-13-25(17-21)29(26-14-6-10-22(2)18-26,27-15-7-11-23(3)19-27)28-16-8-12-24(4)20-28/h5-20H,1-4H3. The van der Waals surface area contributed by atoms with Gasteiger partial charge in [0.1, 0.15) is 0 Å². The highest BCUT2D eigenvalue weighted by Gasteiger charge is 2.38. The molecule has 29 heavy (non-hydrogen) atoms. The second-order valence-corrected chi connectivity index (χ2v) is 8.23. The maximum Gasteiger partial charge on any atom is 0.0701 e. The zero-order valence-electron chi connectivity index (χ0n) is 17.7. The van der Waals surface area contributed by atoms with Crippen LogP contribution >= 0.6 is 0 Å². The molecule has 0 radical (unpaired) electrons. The molecule has 0 heterocycles. The summed E-state index contributed by atoms with van der Waals surface area (Å²) >= 11 is 0. The Labute approximate surface area is 174 Å². The fourth-order valence-corrected chi connectivity index (χ4v) is 4.51. The Bertz CT molecular complexity index is 962. The van der Waals surface area contributed by atoms with E-state index in [2.05, 4.69) is 125 Å². The van der Waals surface area contributed by atoms with Gasteiger partial charge in [0.15, 0.2) is 0 Å². The molecule has 0 N–H and O–H groups in total. The van der Waals surface area contributed by atoms with Gasteiger partial charge in [0.2, 0.25) is 0 Å². The van der Waals surface area contributed by atoms with Crippen molar-refractivity contribution in [3.63, 3.8) is 0 Å². The fraction of sp³-hybridized carbons (Fsp3) is 0.172. The quantitative estimate of drug-likeness (QED) is 0.328. The van der Waals surface area contributed by atoms with Crippen molar-refractivity contribution in [2.45, 2.75) is 33.1 Å². The van der Waals surface area contributed by atoms with Gasteiger partial charge in [0.05, 0.1) is 5.41 Å². The molecule has 0 aliphatic rings. The summed E-state index contributed by atoms with van der Waals surface area (Å²) in [7, 11) is 0. The van der Waals surface area contributed by atoms with E-state index in [9.17, 15) is 0 Å². The van der Waals surface area contributed by atoms with E-state index in [0.29, 0.717) is 0 Å². The molecular formula is C29H28. The molecule has 0 saturated carbocycles. The molecule has 4 aromatic carbocycles. The third-order valence-corrected chi connectivity index (χ3v) is 5.80. The lowest BCUT2D eigenvalue weighted by atomic mass is 9.64. The Morgan fingerprint density at radius 3 is 0.828 bits per heavy atom. The molecule has 0 atom stereocenters. The largest absolute Gasteiger partial charge is 0.0701 e. The van der Waals surface area contributed by atoms with Crippen molar-refractivity contribution in [2.75, 3.05) is 0 Å². The van der Waals surface area contributed by atoms with Crippen LogP contribution in [0.25, 0.3) is 0 Å². The molecule has 0 aliphatic carbocycles. The minimum Gasteiger partial charge on any atom is -0.0617 e. The lowest BCUT2D eigenvalue weighted by Crippen LogP contribution is -2.31. The average molecular weight is 377 g/mol. The van der Waals surface area contributed by atoms with Crippen LogP contribution in [0.15, 0.2) is 97.1 Å². The summed E-state index contributed by atoms with van der Waals surface area (Å²) in [4.78, 5) is 0. The highest BCUT2D eigenvalue weighted by atomic mass is 14.4. The van der Waals surface area contributed by atoms with Crippen LogP contribution in [0, 0.1) is 27.7 Å². The minimum absolute atomic E-state index is 0.365. The summed E-state index contributed by atoms with van der Waals surface area (Å²) in [6.07, 6.45) is 0. The Kier molecular flexibility index (Phi) is 5.11. The maximum absolute atomic E-state index is 2.34. The predicted molar refractivity (Wildman–Crippen MR) is 124 cm³/mol. The van der Waals surface area contributed by atoms with Gasteiger partial charge in [-0.15, -0.1) is 0 Å². The first kappa shape index (κ1) is 19.2. The lowest BCUT2D eigenvalue weighted by Gasteiger charge is -2.37. The second kappa shape index (κ2) is 7.72. The van der Waals surface area contributed by atoms with Crippen molar-refractivity contribution in [1.82, 2.24) is 0 Å². The molecule has 0 heteroatoms. The lowest BCUT2D eigenvalue weighted by molar-refractivity contribution is 0.741. The van der Waals surface area contributed by atoms with E-state index in [1.165, 1.54) is 44.5 Å². The van der Waals surface area contributed by atoms with Gasteiger partial charge in [-0.3, -0.25) is 0 Å². The van der Waals surface area contributed by atoms with Gasteiger partial charge in [0.25, 0.3) is 0 Å². The van der Waals surface area contributed by atoms with Crippen molar-refractivity contribution >= 4 is 0 Å². The summed E-state index contributed by atoms with van der Waals surface area (Å²) in [5.74, 6) is 0. The van der Waals surface area contributed by atoms with Crippen molar-refractivity contribution in [2.24, 2.45) is 0 Å². The van der Waals surface area contributed by atoms with Crippen molar-refractivity contribution in [3.8, 4) is 0 Å². The van der Waals surface area contributed by atoms with Gasteiger partial charge in [0, 0.05) is 0 Å². The molecule has 0 unspecified atom stereocenters. The van der Waals surface area contributed by atoms with Gasteiger partial charge < -0.3 is 0 Å². The van der Waals surface area contributed by atoms with Gasteiger partial charge in [-0.25, -0.2) is 0 Å². The zero-order chi connectivity index (χ0) is 20.4. The number of hydrogen-bond acceptors (Lipinski definition) is 0. The Balaban J connectivity index is 2.19. The molecule has 0 fully saturated rings. The molecule has 4 aromatic rings. The van der Waals surface area contributed by atoms with Crippen LogP contribution in [0.2, 0.25) is 0 Å². The monoisotopic (exact) mass is 376 g/mol. The maximum atomic E-state index is 2.34. The minimum atomic E-state index is -0.365. The molecule has 0 nitrogen and oxygen atoms in total. The predicted octanol–water partition coefficient (Wildman–Crippen LogP) is 7.30.